The Kier molecular flexibility index (Phi) is 3.37. The molecule has 0 saturated carbocycles. The molecule has 0 radical (unpaired) electrons. The highest BCUT2D eigenvalue weighted by Gasteiger charge is 2.52. The second kappa shape index (κ2) is 4.32. The summed E-state index contributed by atoms with van der Waals surface area (Å²) in [5.74, 6) is -0.267. The van der Waals surface area contributed by atoms with Gasteiger partial charge >= 0.3 is 7.12 Å². The quantitative estimate of drug-likeness (QED) is 0.741. The molecule has 0 unspecified atom stereocenters. The van der Waals surface area contributed by atoms with Crippen LogP contribution in [0.15, 0.2) is 16.6 Å². The van der Waals surface area contributed by atoms with Gasteiger partial charge in [-0.1, -0.05) is 15.9 Å². The molecule has 0 spiro atoms. The van der Waals surface area contributed by atoms with Crippen LogP contribution in [-0.2, 0) is 9.31 Å². The van der Waals surface area contributed by atoms with E-state index in [1.165, 1.54) is 0 Å². The fraction of sp³-hybridized carbons (Fsp3) is 0.538. The first kappa shape index (κ1) is 14.0. The zero-order chi connectivity index (χ0) is 13.7. The van der Waals surface area contributed by atoms with E-state index in [0.717, 1.165) is 4.47 Å². The van der Waals surface area contributed by atoms with Crippen molar-refractivity contribution in [2.24, 2.45) is 0 Å². The summed E-state index contributed by atoms with van der Waals surface area (Å²) in [6.07, 6.45) is 0. The lowest BCUT2D eigenvalue weighted by atomic mass is 9.78. The molecular formula is C13H17BBrFO2. The van der Waals surface area contributed by atoms with Gasteiger partial charge < -0.3 is 9.31 Å². The maximum atomic E-state index is 14.2. The molecule has 1 aromatic rings. The van der Waals surface area contributed by atoms with E-state index in [9.17, 15) is 4.39 Å². The van der Waals surface area contributed by atoms with Gasteiger partial charge in [-0.25, -0.2) is 4.39 Å². The molecule has 0 N–H and O–H groups in total. The van der Waals surface area contributed by atoms with Gasteiger partial charge in [-0.3, -0.25) is 0 Å². The van der Waals surface area contributed by atoms with E-state index in [2.05, 4.69) is 15.9 Å². The van der Waals surface area contributed by atoms with Crippen molar-refractivity contribution in [2.75, 3.05) is 0 Å². The van der Waals surface area contributed by atoms with E-state index < -0.39 is 18.3 Å². The van der Waals surface area contributed by atoms with Gasteiger partial charge in [0.05, 0.1) is 11.2 Å². The Balaban J connectivity index is 2.41. The Morgan fingerprint density at radius 1 is 1.11 bits per heavy atom. The predicted octanol–water partition coefficient (Wildman–Crippen LogP) is 3.20. The van der Waals surface area contributed by atoms with Crippen molar-refractivity contribution < 1.29 is 13.7 Å². The van der Waals surface area contributed by atoms with Gasteiger partial charge in [-0.15, -0.1) is 0 Å². The molecule has 2 rings (SSSR count). The van der Waals surface area contributed by atoms with Crippen molar-refractivity contribution in [3.8, 4) is 0 Å². The summed E-state index contributed by atoms with van der Waals surface area (Å²) in [6, 6.07) is 3.45. The van der Waals surface area contributed by atoms with Gasteiger partial charge in [0.25, 0.3) is 0 Å². The van der Waals surface area contributed by atoms with Crippen LogP contribution in [0, 0.1) is 12.7 Å². The molecule has 0 amide bonds. The molecule has 0 atom stereocenters. The topological polar surface area (TPSA) is 18.5 Å². The summed E-state index contributed by atoms with van der Waals surface area (Å²) in [4.78, 5) is 0. The number of hydrogen-bond acceptors (Lipinski definition) is 2. The number of halogens is 2. The average Bonchev–Trinajstić information content (AvgIpc) is 2.42. The molecule has 1 aliphatic rings. The standard InChI is InChI=1S/C13H17BBrFO2/c1-8-6-9(15)7-10(11(8)16)14-17-12(2,3)13(4,5)18-14/h6-7H,1-5H3. The van der Waals surface area contributed by atoms with Crippen molar-refractivity contribution in [3.63, 3.8) is 0 Å². The summed E-state index contributed by atoms with van der Waals surface area (Å²) in [7, 11) is -0.661. The molecule has 1 aliphatic heterocycles. The largest absolute Gasteiger partial charge is 0.497 e. The van der Waals surface area contributed by atoms with Crippen molar-refractivity contribution in [1.82, 2.24) is 0 Å². The Labute approximate surface area is 116 Å². The number of rotatable bonds is 1. The Morgan fingerprint density at radius 3 is 2.11 bits per heavy atom. The molecule has 98 valence electrons. The highest BCUT2D eigenvalue weighted by atomic mass is 79.9. The van der Waals surface area contributed by atoms with Crippen LogP contribution in [0.4, 0.5) is 4.39 Å². The normalized spacial score (nSPS) is 21.4. The highest BCUT2D eigenvalue weighted by Crippen LogP contribution is 2.36. The Bertz CT molecular complexity index is 472. The minimum absolute atomic E-state index is 0.267. The van der Waals surface area contributed by atoms with Crippen LogP contribution < -0.4 is 5.46 Å². The first-order valence-electron chi connectivity index (χ1n) is 5.95. The van der Waals surface area contributed by atoms with Gasteiger partial charge in [-0.2, -0.15) is 0 Å². The first-order valence-corrected chi connectivity index (χ1v) is 6.74. The molecule has 1 saturated heterocycles. The third kappa shape index (κ3) is 2.24. The monoisotopic (exact) mass is 314 g/mol. The van der Waals surface area contributed by atoms with Gasteiger partial charge in [0.15, 0.2) is 0 Å². The predicted molar refractivity (Wildman–Crippen MR) is 74.6 cm³/mol. The van der Waals surface area contributed by atoms with Gasteiger partial charge in [0.1, 0.15) is 5.82 Å². The summed E-state index contributed by atoms with van der Waals surface area (Å²) in [5, 5.41) is 0. The number of hydrogen-bond donors (Lipinski definition) is 0. The van der Waals surface area contributed by atoms with Crippen LogP contribution in [-0.4, -0.2) is 18.3 Å². The average molecular weight is 315 g/mol. The molecular weight excluding hydrogens is 298 g/mol. The second-order valence-corrected chi connectivity index (χ2v) is 6.63. The van der Waals surface area contributed by atoms with Crippen molar-refractivity contribution in [2.45, 2.75) is 45.8 Å². The molecule has 18 heavy (non-hydrogen) atoms. The SMILES string of the molecule is Cc1cc(Br)cc(B2OC(C)(C)C(C)(C)O2)c1F. The molecule has 2 nitrogen and oxygen atoms in total. The molecule has 1 fully saturated rings. The van der Waals surface area contributed by atoms with Crippen molar-refractivity contribution in [1.29, 1.82) is 0 Å². The maximum Gasteiger partial charge on any atom is 0.497 e. The second-order valence-electron chi connectivity index (χ2n) is 5.71. The summed E-state index contributed by atoms with van der Waals surface area (Å²) >= 11 is 3.37. The molecule has 0 aromatic heterocycles. The van der Waals surface area contributed by atoms with Crippen LogP contribution in [0.25, 0.3) is 0 Å². The fourth-order valence-electron chi connectivity index (χ4n) is 1.89. The van der Waals surface area contributed by atoms with Crippen molar-refractivity contribution in [3.05, 3.63) is 28.0 Å². The van der Waals surface area contributed by atoms with Crippen molar-refractivity contribution >= 4 is 28.5 Å². The summed E-state index contributed by atoms with van der Waals surface area (Å²) in [6.45, 7) is 9.55. The van der Waals surface area contributed by atoms with E-state index in [1.807, 2.05) is 27.7 Å². The molecule has 1 heterocycles. The fourth-order valence-corrected chi connectivity index (χ4v) is 2.48. The molecule has 5 heteroatoms. The molecule has 1 aromatic carbocycles. The number of aryl methyl sites for hydroxylation is 1. The Morgan fingerprint density at radius 2 is 1.61 bits per heavy atom. The summed E-state index contributed by atoms with van der Waals surface area (Å²) < 4.78 is 26.7. The van der Waals surface area contributed by atoms with E-state index in [0.29, 0.717) is 11.0 Å². The minimum atomic E-state index is -0.661. The minimum Gasteiger partial charge on any atom is -0.399 e. The maximum absolute atomic E-state index is 14.2. The third-order valence-corrected chi connectivity index (χ3v) is 4.21. The van der Waals surface area contributed by atoms with Crippen LogP contribution in [0.2, 0.25) is 0 Å². The van der Waals surface area contributed by atoms with E-state index in [1.54, 1.807) is 19.1 Å². The van der Waals surface area contributed by atoms with E-state index in [-0.39, 0.29) is 5.82 Å². The zero-order valence-electron chi connectivity index (χ0n) is 11.3. The lowest BCUT2D eigenvalue weighted by molar-refractivity contribution is 0.00578. The van der Waals surface area contributed by atoms with E-state index >= 15 is 0 Å². The van der Waals surface area contributed by atoms with Crippen LogP contribution in [0.5, 0.6) is 0 Å². The lowest BCUT2D eigenvalue weighted by Crippen LogP contribution is -2.41. The first-order chi connectivity index (χ1) is 8.14. The van der Waals surface area contributed by atoms with Gasteiger partial charge in [0.2, 0.25) is 0 Å². The summed E-state index contributed by atoms with van der Waals surface area (Å²) in [5.41, 5.74) is 0.107. The van der Waals surface area contributed by atoms with Gasteiger partial charge in [0, 0.05) is 9.94 Å². The highest BCUT2D eigenvalue weighted by molar-refractivity contribution is 9.10. The van der Waals surface area contributed by atoms with Gasteiger partial charge in [-0.05, 0) is 52.3 Å². The Hall–Kier alpha value is -0.385. The number of benzene rings is 1. The third-order valence-electron chi connectivity index (χ3n) is 3.75. The van der Waals surface area contributed by atoms with Crippen LogP contribution >= 0.6 is 15.9 Å². The van der Waals surface area contributed by atoms with E-state index in [4.69, 9.17) is 9.31 Å². The smallest absolute Gasteiger partial charge is 0.399 e. The molecule has 0 aliphatic carbocycles. The molecule has 0 bridgehead atoms. The lowest BCUT2D eigenvalue weighted by Gasteiger charge is -2.32. The van der Waals surface area contributed by atoms with Crippen LogP contribution in [0.3, 0.4) is 0 Å². The zero-order valence-corrected chi connectivity index (χ0v) is 12.9. The van der Waals surface area contributed by atoms with Crippen LogP contribution in [0.1, 0.15) is 33.3 Å².